The van der Waals surface area contributed by atoms with Crippen LogP contribution in [0, 0.1) is 5.82 Å². The average Bonchev–Trinajstić information content (AvgIpc) is 3.18. The van der Waals surface area contributed by atoms with Gasteiger partial charge in [-0.25, -0.2) is 17.2 Å². The van der Waals surface area contributed by atoms with Crippen molar-refractivity contribution in [1.29, 1.82) is 0 Å². The van der Waals surface area contributed by atoms with Gasteiger partial charge in [0.1, 0.15) is 10.6 Å². The van der Waals surface area contributed by atoms with E-state index in [2.05, 4.69) is 5.32 Å². The quantitative estimate of drug-likeness (QED) is 0.599. The molecular weight excluding hydrogens is 482 g/mol. The third kappa shape index (κ3) is 3.20. The lowest BCUT2D eigenvalue weighted by molar-refractivity contribution is -0.349. The van der Waals surface area contributed by atoms with E-state index in [0.717, 1.165) is 0 Å². The zero-order valence-electron chi connectivity index (χ0n) is 16.7. The lowest BCUT2D eigenvalue weighted by Crippen LogP contribution is -2.52. The second kappa shape index (κ2) is 7.39. The van der Waals surface area contributed by atoms with E-state index in [1.807, 2.05) is 0 Å². The van der Waals surface area contributed by atoms with E-state index >= 15 is 0 Å². The molecule has 0 saturated carbocycles. The molecule has 2 atom stereocenters. The molecule has 3 nitrogen and oxygen atoms in total. The minimum absolute atomic E-state index is 0.0431. The molecule has 33 heavy (non-hydrogen) atoms. The Morgan fingerprint density at radius 1 is 0.939 bits per heavy atom. The van der Waals surface area contributed by atoms with Crippen LogP contribution in [0.2, 0.25) is 0 Å². The van der Waals surface area contributed by atoms with Gasteiger partial charge >= 0.3 is 18.0 Å². The summed E-state index contributed by atoms with van der Waals surface area (Å²) in [5.41, 5.74) is -8.69. The Balaban J connectivity index is 1.98. The largest absolute Gasteiger partial charge is 0.436 e. The highest BCUT2D eigenvalue weighted by Gasteiger charge is 2.74. The van der Waals surface area contributed by atoms with Gasteiger partial charge in [-0.3, -0.25) is 0 Å². The number of benzene rings is 2. The van der Waals surface area contributed by atoms with Crippen molar-refractivity contribution in [3.05, 3.63) is 65.0 Å². The van der Waals surface area contributed by atoms with Gasteiger partial charge in [-0.15, -0.1) is 0 Å². The van der Waals surface area contributed by atoms with Crippen molar-refractivity contribution in [1.82, 2.24) is 5.32 Å². The van der Waals surface area contributed by atoms with Crippen molar-refractivity contribution in [2.75, 3.05) is 6.54 Å². The number of nitrogens with one attached hydrogen (secondary N) is 1. The molecule has 1 N–H and O–H groups in total. The Labute approximate surface area is 183 Å². The van der Waals surface area contributed by atoms with Crippen LogP contribution in [0.5, 0.6) is 0 Å². The number of aryl methyl sites for hydroxylation is 1. The summed E-state index contributed by atoms with van der Waals surface area (Å²) in [6.45, 7) is 0.178. The van der Waals surface area contributed by atoms with Gasteiger partial charge in [-0.05, 0) is 61.2 Å². The maximum absolute atomic E-state index is 14.9. The molecule has 4 rings (SSSR count). The Morgan fingerprint density at radius 2 is 1.55 bits per heavy atom. The van der Waals surface area contributed by atoms with Gasteiger partial charge in [0.25, 0.3) is 0 Å². The number of hydrogen-bond donors (Lipinski definition) is 1. The minimum atomic E-state index is -6.49. The van der Waals surface area contributed by atoms with E-state index in [9.17, 15) is 43.5 Å². The predicted molar refractivity (Wildman–Crippen MR) is 101 cm³/mol. The highest BCUT2D eigenvalue weighted by Crippen LogP contribution is 2.56. The fraction of sp³-hybridized carbons (Fsp3) is 0.429. The van der Waals surface area contributed by atoms with Crippen molar-refractivity contribution in [3.8, 4) is 0 Å². The van der Waals surface area contributed by atoms with Crippen LogP contribution in [0.3, 0.4) is 0 Å². The topological polar surface area (TPSA) is 46.2 Å². The van der Waals surface area contributed by atoms with Crippen molar-refractivity contribution >= 4 is 9.84 Å². The van der Waals surface area contributed by atoms with E-state index in [1.165, 1.54) is 24.3 Å². The lowest BCUT2D eigenvalue weighted by Gasteiger charge is -2.41. The van der Waals surface area contributed by atoms with Gasteiger partial charge in [0.15, 0.2) is 9.84 Å². The van der Waals surface area contributed by atoms with Gasteiger partial charge in [0.05, 0.1) is 4.90 Å². The molecule has 0 bridgehead atoms. The summed E-state index contributed by atoms with van der Waals surface area (Å²) in [6.07, 6.45) is -13.2. The zero-order chi connectivity index (χ0) is 24.4. The smallest absolute Gasteiger partial charge is 0.312 e. The van der Waals surface area contributed by atoms with Gasteiger partial charge in [-0.1, -0.05) is 18.2 Å². The third-order valence-electron chi connectivity index (χ3n) is 6.49. The van der Waals surface area contributed by atoms with E-state index in [-0.39, 0.29) is 47.9 Å². The number of rotatable bonds is 3. The minimum Gasteiger partial charge on any atom is -0.312 e. The maximum atomic E-state index is 14.9. The molecule has 1 heterocycles. The molecule has 0 radical (unpaired) electrons. The molecule has 0 amide bonds. The lowest BCUT2D eigenvalue weighted by atomic mass is 9.77. The summed E-state index contributed by atoms with van der Waals surface area (Å²) in [5.74, 6) is -2.11. The summed E-state index contributed by atoms with van der Waals surface area (Å²) in [7, 11) is -4.26. The molecule has 1 aliphatic heterocycles. The van der Waals surface area contributed by atoms with Crippen LogP contribution in [0.4, 0.5) is 35.1 Å². The van der Waals surface area contributed by atoms with Crippen LogP contribution in [-0.2, 0) is 26.7 Å². The number of fused-ring (bicyclic) bond motifs is 3. The zero-order valence-corrected chi connectivity index (χ0v) is 17.5. The summed E-state index contributed by atoms with van der Waals surface area (Å²) < 4.78 is 134. The highest BCUT2D eigenvalue weighted by atomic mass is 32.2. The van der Waals surface area contributed by atoms with Crippen LogP contribution in [0.15, 0.2) is 47.4 Å². The fourth-order valence-electron chi connectivity index (χ4n) is 4.95. The molecule has 2 aromatic rings. The van der Waals surface area contributed by atoms with E-state index < -0.39 is 50.0 Å². The average molecular weight is 499 g/mol. The molecular formula is C21H17F8NO2S. The van der Waals surface area contributed by atoms with Crippen LogP contribution in [0.25, 0.3) is 0 Å². The summed E-state index contributed by atoms with van der Waals surface area (Å²) in [6, 6.07) is 6.85. The molecule has 2 aliphatic rings. The van der Waals surface area contributed by atoms with Crippen LogP contribution >= 0.6 is 0 Å². The molecule has 180 valence electrons. The monoisotopic (exact) mass is 499 g/mol. The Kier molecular flexibility index (Phi) is 5.36. The van der Waals surface area contributed by atoms with Gasteiger partial charge in [-0.2, -0.15) is 26.3 Å². The fourth-order valence-corrected chi connectivity index (χ4v) is 7.32. The first-order valence-corrected chi connectivity index (χ1v) is 11.3. The van der Waals surface area contributed by atoms with Crippen LogP contribution < -0.4 is 5.32 Å². The van der Waals surface area contributed by atoms with Gasteiger partial charge in [0, 0.05) is 11.6 Å². The van der Waals surface area contributed by atoms with E-state index in [0.29, 0.717) is 6.07 Å². The van der Waals surface area contributed by atoms with Crippen molar-refractivity contribution < 1.29 is 43.5 Å². The first-order chi connectivity index (χ1) is 15.2. The summed E-state index contributed by atoms with van der Waals surface area (Å²) in [4.78, 5) is -0.124. The van der Waals surface area contributed by atoms with Crippen LogP contribution in [-0.4, -0.2) is 33.4 Å². The normalized spacial score (nSPS) is 23.8. The number of hydrogen-bond acceptors (Lipinski definition) is 3. The third-order valence-corrected chi connectivity index (χ3v) is 9.05. The van der Waals surface area contributed by atoms with Gasteiger partial charge < -0.3 is 5.32 Å². The van der Waals surface area contributed by atoms with Gasteiger partial charge in [0.2, 0.25) is 0 Å². The van der Waals surface area contributed by atoms with Crippen molar-refractivity contribution in [2.24, 2.45) is 0 Å². The highest BCUT2D eigenvalue weighted by molar-refractivity contribution is 7.92. The number of alkyl halides is 7. The molecule has 12 heteroatoms. The second-order valence-corrected chi connectivity index (χ2v) is 10.4. The maximum Gasteiger partial charge on any atom is 0.436 e. The molecule has 2 aromatic carbocycles. The number of sulfone groups is 1. The van der Waals surface area contributed by atoms with E-state index in [1.54, 1.807) is 6.07 Å². The first kappa shape index (κ1) is 23.9. The standard InChI is InChI=1S/C21H17F8NO2S/c22-16-11-14-12(10-15(16)19(23,20(24,25)26)21(27,28)29)6-7-17-18(14,8-9-30-17)33(31,32)13-4-2-1-3-5-13/h1-5,10-11,17,30H,6-9H2/t17-,18-/m1/s1. The van der Waals surface area contributed by atoms with Crippen LogP contribution in [0.1, 0.15) is 29.5 Å². The first-order valence-electron chi connectivity index (χ1n) is 9.87. The SMILES string of the molecule is O=S(=O)(c1ccccc1)[C@@]12CCN[C@@H]1CCc1cc(C(F)(C(F)(F)F)C(F)(F)F)c(F)cc12. The molecule has 0 spiro atoms. The molecule has 1 aliphatic carbocycles. The summed E-state index contributed by atoms with van der Waals surface area (Å²) >= 11 is 0. The Hall–Kier alpha value is -2.21. The Morgan fingerprint density at radius 3 is 2.12 bits per heavy atom. The second-order valence-electron chi connectivity index (χ2n) is 8.14. The molecule has 1 fully saturated rings. The Bertz CT molecular complexity index is 1160. The van der Waals surface area contributed by atoms with Crippen molar-refractivity contribution in [2.45, 2.75) is 53.0 Å². The number of halogens is 8. The molecule has 1 saturated heterocycles. The van der Waals surface area contributed by atoms with E-state index in [4.69, 9.17) is 0 Å². The molecule has 0 aromatic heterocycles. The predicted octanol–water partition coefficient (Wildman–Crippen LogP) is 5.09. The van der Waals surface area contributed by atoms with Crippen molar-refractivity contribution in [3.63, 3.8) is 0 Å². The summed E-state index contributed by atoms with van der Waals surface area (Å²) in [5, 5.41) is 2.99. The molecule has 0 unspecified atom stereocenters.